The third-order valence-electron chi connectivity index (χ3n) is 4.71. The van der Waals surface area contributed by atoms with Crippen molar-refractivity contribution in [3.8, 4) is 0 Å². The minimum atomic E-state index is -0.833. The summed E-state index contributed by atoms with van der Waals surface area (Å²) in [5, 5.41) is 7.85. The Kier molecular flexibility index (Phi) is 7.52. The first-order chi connectivity index (χ1) is 13.7. The van der Waals surface area contributed by atoms with Crippen LogP contribution in [0.25, 0.3) is 6.08 Å². The van der Waals surface area contributed by atoms with E-state index in [1.54, 1.807) is 19.1 Å². The molecule has 0 radical (unpaired) electrons. The van der Waals surface area contributed by atoms with Crippen molar-refractivity contribution in [3.05, 3.63) is 41.6 Å². The summed E-state index contributed by atoms with van der Waals surface area (Å²) in [4.78, 5) is 51.7. The number of rotatable bonds is 3. The van der Waals surface area contributed by atoms with Gasteiger partial charge in [0.2, 0.25) is 17.7 Å². The molecule has 1 heterocycles. The molecule has 1 aliphatic rings. The van der Waals surface area contributed by atoms with Crippen LogP contribution in [0.1, 0.15) is 32.8 Å². The van der Waals surface area contributed by atoms with Crippen LogP contribution in [0, 0.1) is 5.92 Å². The number of carbonyl (C=O) groups excluding carboxylic acids is 4. The van der Waals surface area contributed by atoms with Crippen molar-refractivity contribution in [2.75, 3.05) is 13.6 Å². The minimum Gasteiger partial charge on any atom is -0.343 e. The van der Waals surface area contributed by atoms with Crippen LogP contribution in [0.4, 0.5) is 0 Å². The van der Waals surface area contributed by atoms with E-state index in [1.165, 1.54) is 18.0 Å². The molecule has 2 rings (SSSR count). The van der Waals surface area contributed by atoms with Crippen LogP contribution in [-0.4, -0.2) is 54.2 Å². The van der Waals surface area contributed by atoms with Crippen molar-refractivity contribution in [1.29, 1.82) is 0 Å². The highest BCUT2D eigenvalue weighted by Crippen LogP contribution is 2.10. The van der Waals surface area contributed by atoms with Crippen LogP contribution in [0.5, 0.6) is 0 Å². The second kappa shape index (κ2) is 9.86. The van der Waals surface area contributed by atoms with E-state index in [9.17, 15) is 19.2 Å². The lowest BCUT2D eigenvalue weighted by atomic mass is 10.0. The predicted molar refractivity (Wildman–Crippen MR) is 109 cm³/mol. The van der Waals surface area contributed by atoms with E-state index in [-0.39, 0.29) is 18.2 Å². The maximum Gasteiger partial charge on any atom is 0.268 e. The first-order valence-electron chi connectivity index (χ1n) is 9.61. The van der Waals surface area contributed by atoms with E-state index in [0.717, 1.165) is 0 Å². The number of amides is 4. The molecule has 3 N–H and O–H groups in total. The Morgan fingerprint density at radius 3 is 2.38 bits per heavy atom. The average Bonchev–Trinajstić information content (AvgIpc) is 2.69. The van der Waals surface area contributed by atoms with E-state index in [4.69, 9.17) is 0 Å². The van der Waals surface area contributed by atoms with Gasteiger partial charge >= 0.3 is 0 Å². The van der Waals surface area contributed by atoms with Gasteiger partial charge in [0.25, 0.3) is 5.91 Å². The van der Waals surface area contributed by atoms with Crippen molar-refractivity contribution < 1.29 is 19.2 Å². The Balaban J connectivity index is 2.40. The van der Waals surface area contributed by atoms with Gasteiger partial charge in [-0.3, -0.25) is 19.2 Å². The fourth-order valence-electron chi connectivity index (χ4n) is 2.86. The summed E-state index contributed by atoms with van der Waals surface area (Å²) in [7, 11) is 1.49. The molecule has 1 aliphatic heterocycles. The summed E-state index contributed by atoms with van der Waals surface area (Å²) < 4.78 is 0. The maximum absolute atomic E-state index is 12.9. The highest BCUT2D eigenvalue weighted by Gasteiger charge is 2.30. The molecule has 1 saturated heterocycles. The molecule has 0 aliphatic carbocycles. The first-order valence-corrected chi connectivity index (χ1v) is 9.61. The summed E-state index contributed by atoms with van der Waals surface area (Å²) in [6.07, 6.45) is 1.92. The van der Waals surface area contributed by atoms with Gasteiger partial charge in [-0.05, 0) is 30.9 Å². The lowest BCUT2D eigenvalue weighted by Crippen LogP contribution is -2.56. The summed E-state index contributed by atoms with van der Waals surface area (Å²) in [5.41, 5.74) is 0.722. The zero-order valence-electron chi connectivity index (χ0n) is 17.2. The summed E-state index contributed by atoms with van der Waals surface area (Å²) in [6, 6.07) is 7.42. The van der Waals surface area contributed by atoms with Gasteiger partial charge in [0, 0.05) is 7.05 Å². The Bertz CT molecular complexity index is 804. The van der Waals surface area contributed by atoms with Gasteiger partial charge in [0.1, 0.15) is 17.8 Å². The topological polar surface area (TPSA) is 108 Å². The second-order valence-corrected chi connectivity index (χ2v) is 7.51. The van der Waals surface area contributed by atoms with E-state index < -0.39 is 35.7 Å². The lowest BCUT2D eigenvalue weighted by molar-refractivity contribution is -0.140. The Morgan fingerprint density at radius 1 is 1.10 bits per heavy atom. The Morgan fingerprint density at radius 2 is 1.76 bits per heavy atom. The van der Waals surface area contributed by atoms with Gasteiger partial charge < -0.3 is 20.9 Å². The van der Waals surface area contributed by atoms with Crippen molar-refractivity contribution >= 4 is 29.7 Å². The van der Waals surface area contributed by atoms with Crippen LogP contribution in [0.15, 0.2) is 36.0 Å². The monoisotopic (exact) mass is 400 g/mol. The van der Waals surface area contributed by atoms with E-state index in [1.807, 2.05) is 32.0 Å². The molecule has 4 amide bonds. The third-order valence-corrected chi connectivity index (χ3v) is 4.71. The standard InChI is InChI=1S/C21H28N4O4/c1-13(2)10-16-21(29)24-17(11-15-8-6-5-7-9-15)20(28)22-12-18(26)25(4)14(3)19(27)23-16/h5-9,11,13-14,16H,10,12H2,1-4H3,(H,22,28)(H,23,27)(H,24,29)/b17-11-. The highest BCUT2D eigenvalue weighted by molar-refractivity contribution is 6.04. The van der Waals surface area contributed by atoms with Gasteiger partial charge in [-0.2, -0.15) is 0 Å². The van der Waals surface area contributed by atoms with Crippen LogP contribution in [0.3, 0.4) is 0 Å². The first kappa shape index (κ1) is 22.1. The van der Waals surface area contributed by atoms with E-state index in [0.29, 0.717) is 12.0 Å². The Labute approximate surface area is 170 Å². The van der Waals surface area contributed by atoms with Crippen LogP contribution < -0.4 is 16.0 Å². The molecule has 1 fully saturated rings. The molecule has 1 aromatic carbocycles. The lowest BCUT2D eigenvalue weighted by Gasteiger charge is -2.28. The van der Waals surface area contributed by atoms with E-state index >= 15 is 0 Å². The Hall–Kier alpha value is -3.16. The van der Waals surface area contributed by atoms with E-state index in [2.05, 4.69) is 16.0 Å². The van der Waals surface area contributed by atoms with Gasteiger partial charge in [0.05, 0.1) is 6.54 Å². The molecule has 156 valence electrons. The van der Waals surface area contributed by atoms with Gasteiger partial charge in [-0.1, -0.05) is 44.2 Å². The number of nitrogens with one attached hydrogen (secondary N) is 3. The fraction of sp³-hybridized carbons (Fsp3) is 0.429. The van der Waals surface area contributed by atoms with Gasteiger partial charge in [-0.25, -0.2) is 0 Å². The number of nitrogens with zero attached hydrogens (tertiary/aromatic N) is 1. The SMILES string of the molecule is CC(C)CC1NC(=O)C(C)N(C)C(=O)CNC(=O)/C(=C/c2ccccc2)NC1=O. The zero-order chi connectivity index (χ0) is 21.6. The number of carbonyl (C=O) groups is 4. The number of hydrogen-bond acceptors (Lipinski definition) is 4. The van der Waals surface area contributed by atoms with Crippen molar-refractivity contribution in [2.45, 2.75) is 39.3 Å². The summed E-state index contributed by atoms with van der Waals surface area (Å²) in [5.74, 6) is -1.77. The predicted octanol–water partition coefficient (Wildman–Crippen LogP) is 0.651. The molecule has 0 bridgehead atoms. The zero-order valence-corrected chi connectivity index (χ0v) is 17.2. The molecule has 29 heavy (non-hydrogen) atoms. The molecule has 0 saturated carbocycles. The average molecular weight is 400 g/mol. The maximum atomic E-state index is 12.9. The quantitative estimate of drug-likeness (QED) is 0.648. The molecule has 0 spiro atoms. The van der Waals surface area contributed by atoms with Gasteiger partial charge in [0.15, 0.2) is 0 Å². The minimum absolute atomic E-state index is 0.00767. The van der Waals surface area contributed by atoms with Gasteiger partial charge in [-0.15, -0.1) is 0 Å². The molecule has 2 unspecified atom stereocenters. The van der Waals surface area contributed by atoms with Crippen LogP contribution >= 0.6 is 0 Å². The molecule has 1 aromatic rings. The molecule has 0 aromatic heterocycles. The van der Waals surface area contributed by atoms with Crippen molar-refractivity contribution in [3.63, 3.8) is 0 Å². The van der Waals surface area contributed by atoms with Crippen LogP contribution in [-0.2, 0) is 19.2 Å². The van der Waals surface area contributed by atoms with Crippen LogP contribution in [0.2, 0.25) is 0 Å². The fourth-order valence-corrected chi connectivity index (χ4v) is 2.86. The third kappa shape index (κ3) is 6.17. The smallest absolute Gasteiger partial charge is 0.268 e. The number of benzene rings is 1. The molecule has 2 atom stereocenters. The number of likely N-dealkylation sites (N-methyl/N-ethyl adjacent to an activating group) is 1. The summed E-state index contributed by atoms with van der Waals surface area (Å²) >= 11 is 0. The highest BCUT2D eigenvalue weighted by atomic mass is 16.2. The second-order valence-electron chi connectivity index (χ2n) is 7.51. The molecule has 8 heteroatoms. The largest absolute Gasteiger partial charge is 0.343 e. The number of hydrogen-bond donors (Lipinski definition) is 3. The molecule has 8 nitrogen and oxygen atoms in total. The molecular formula is C21H28N4O4. The summed E-state index contributed by atoms with van der Waals surface area (Å²) in [6.45, 7) is 5.15. The molecular weight excluding hydrogens is 372 g/mol. The van der Waals surface area contributed by atoms with Crippen molar-refractivity contribution in [2.24, 2.45) is 5.92 Å². The van der Waals surface area contributed by atoms with Crippen molar-refractivity contribution in [1.82, 2.24) is 20.9 Å². The normalized spacial score (nSPS) is 23.2.